The van der Waals surface area contributed by atoms with Gasteiger partial charge < -0.3 is 34.9 Å². The van der Waals surface area contributed by atoms with Crippen molar-refractivity contribution in [3.63, 3.8) is 0 Å². The molecule has 0 spiro atoms. The lowest BCUT2D eigenvalue weighted by Gasteiger charge is -2.56. The first kappa shape index (κ1) is 32.1. The molecule has 3 N–H and O–H groups in total. The number of carbonyl (C=O) groups excluding carboxylic acids is 3. The molecule has 10 nitrogen and oxygen atoms in total. The summed E-state index contributed by atoms with van der Waals surface area (Å²) in [5.74, 6) is -1.34. The number of ether oxygens (including phenoxy) is 3. The van der Waals surface area contributed by atoms with Gasteiger partial charge in [-0.25, -0.2) is 4.39 Å². The number of aliphatic hydroxyl groups is 1. The molecule has 2 amide bonds. The summed E-state index contributed by atoms with van der Waals surface area (Å²) in [7, 11) is 0. The van der Waals surface area contributed by atoms with Crippen molar-refractivity contribution in [1.29, 1.82) is 0 Å². The van der Waals surface area contributed by atoms with Gasteiger partial charge in [-0.3, -0.25) is 14.4 Å². The average Bonchev–Trinajstić information content (AvgIpc) is 2.93. The number of benzene rings is 2. The Morgan fingerprint density at radius 3 is 2.48 bits per heavy atom. The maximum Gasteiger partial charge on any atom is 0.326 e. The SMILES string of the molecule is CC(C)(C)OC(=O)CN1CC(C(=O)NC23CCC(NC(=O)COc4ccc(Cl)c(F)c4)(CC2)[C@@H](O)C3)Oc2ccc(Cl)cc21. The zero-order chi connectivity index (χ0) is 31.9. The highest BCUT2D eigenvalue weighted by molar-refractivity contribution is 6.31. The number of carbonyl (C=O) groups is 3. The molecule has 4 aliphatic rings. The third-order valence-electron chi connectivity index (χ3n) is 8.31. The fraction of sp³-hybridized carbons (Fsp3) is 0.516. The lowest BCUT2D eigenvalue weighted by molar-refractivity contribution is -0.153. The summed E-state index contributed by atoms with van der Waals surface area (Å²) in [6.07, 6.45) is 0.324. The van der Waals surface area contributed by atoms with Gasteiger partial charge in [-0.2, -0.15) is 0 Å². The van der Waals surface area contributed by atoms with Crippen LogP contribution in [0.2, 0.25) is 10.0 Å². The zero-order valence-electron chi connectivity index (χ0n) is 24.8. The van der Waals surface area contributed by atoms with Crippen molar-refractivity contribution >= 4 is 46.7 Å². The molecule has 2 bridgehead atoms. The Bertz CT molecular complexity index is 1440. The zero-order valence-corrected chi connectivity index (χ0v) is 26.3. The van der Waals surface area contributed by atoms with E-state index in [-0.39, 0.29) is 42.8 Å². The van der Waals surface area contributed by atoms with Gasteiger partial charge in [0.05, 0.1) is 28.9 Å². The highest BCUT2D eigenvalue weighted by atomic mass is 35.5. The van der Waals surface area contributed by atoms with Crippen LogP contribution in [-0.4, -0.2) is 71.5 Å². The van der Waals surface area contributed by atoms with Crippen molar-refractivity contribution in [2.45, 2.75) is 81.8 Å². The molecule has 3 aliphatic carbocycles. The van der Waals surface area contributed by atoms with E-state index in [0.717, 1.165) is 6.07 Å². The molecular formula is C31H36Cl2FN3O7. The molecule has 1 heterocycles. The van der Waals surface area contributed by atoms with Gasteiger partial charge in [-0.1, -0.05) is 23.2 Å². The van der Waals surface area contributed by atoms with Crippen LogP contribution in [0.3, 0.4) is 0 Å². The number of amides is 2. The normalized spacial score (nSPS) is 25.8. The fourth-order valence-corrected chi connectivity index (χ4v) is 6.46. The van der Waals surface area contributed by atoms with Crippen LogP contribution in [0.25, 0.3) is 0 Å². The standard InChI is InChI=1S/C31H36Cl2FN3O7/c1-29(2,3)44-27(40)16-37-15-24(43-23-7-4-18(32)12-22(23)37)28(41)36-30-8-10-31(11-9-30,25(38)14-30)35-26(39)17-42-19-5-6-20(33)21(34)13-19/h4-7,12-13,24-25,38H,8-11,14-17H2,1-3H3,(H,35,39)(H,36,41)/t24?,25-,30?,31?/m0/s1. The van der Waals surface area contributed by atoms with Gasteiger partial charge in [0.25, 0.3) is 11.8 Å². The molecule has 1 unspecified atom stereocenters. The number of aliphatic hydroxyl groups excluding tert-OH is 1. The number of hydrogen-bond acceptors (Lipinski definition) is 8. The molecule has 2 atom stereocenters. The Kier molecular flexibility index (Phi) is 8.94. The van der Waals surface area contributed by atoms with Crippen LogP contribution in [0.1, 0.15) is 52.9 Å². The number of anilines is 1. The Labute approximate surface area is 265 Å². The van der Waals surface area contributed by atoms with Crippen molar-refractivity contribution in [2.75, 3.05) is 24.6 Å². The maximum absolute atomic E-state index is 13.7. The minimum absolute atomic E-state index is 0.0493. The lowest BCUT2D eigenvalue weighted by Crippen LogP contribution is -2.71. The molecule has 238 valence electrons. The first-order valence-corrected chi connectivity index (χ1v) is 15.2. The summed E-state index contributed by atoms with van der Waals surface area (Å²) in [4.78, 5) is 40.7. The van der Waals surface area contributed by atoms with Gasteiger partial charge in [-0.05, 0) is 83.2 Å². The third kappa shape index (κ3) is 7.16. The Hall–Kier alpha value is -3.28. The summed E-state index contributed by atoms with van der Waals surface area (Å²) >= 11 is 11.9. The summed E-state index contributed by atoms with van der Waals surface area (Å²) in [6.45, 7) is 4.98. The molecule has 3 fully saturated rings. The van der Waals surface area contributed by atoms with Gasteiger partial charge in [0.1, 0.15) is 29.5 Å². The van der Waals surface area contributed by atoms with E-state index in [1.165, 1.54) is 12.1 Å². The second-order valence-corrected chi connectivity index (χ2v) is 13.6. The Morgan fingerprint density at radius 2 is 1.82 bits per heavy atom. The maximum atomic E-state index is 13.7. The van der Waals surface area contributed by atoms with Crippen LogP contribution < -0.4 is 25.0 Å². The predicted octanol–water partition coefficient (Wildman–Crippen LogP) is 4.17. The quantitative estimate of drug-likeness (QED) is 0.363. The number of hydrogen-bond donors (Lipinski definition) is 3. The van der Waals surface area contributed by atoms with Crippen LogP contribution in [0.4, 0.5) is 10.1 Å². The minimum atomic E-state index is -0.930. The van der Waals surface area contributed by atoms with Crippen molar-refractivity contribution in [2.24, 2.45) is 0 Å². The second-order valence-electron chi connectivity index (χ2n) is 12.7. The van der Waals surface area contributed by atoms with Crippen LogP contribution in [0.15, 0.2) is 36.4 Å². The van der Waals surface area contributed by atoms with Crippen molar-refractivity contribution in [3.8, 4) is 11.5 Å². The van der Waals surface area contributed by atoms with Gasteiger partial charge in [0.15, 0.2) is 12.7 Å². The molecule has 44 heavy (non-hydrogen) atoms. The molecule has 2 aromatic carbocycles. The topological polar surface area (TPSA) is 126 Å². The van der Waals surface area contributed by atoms with Crippen molar-refractivity contribution in [3.05, 3.63) is 52.3 Å². The lowest BCUT2D eigenvalue weighted by atomic mass is 9.60. The number of esters is 1. The fourth-order valence-electron chi connectivity index (χ4n) is 6.18. The number of nitrogens with one attached hydrogen (secondary N) is 2. The summed E-state index contributed by atoms with van der Waals surface area (Å²) in [6, 6.07) is 8.89. The van der Waals surface area contributed by atoms with E-state index >= 15 is 0 Å². The monoisotopic (exact) mass is 651 g/mol. The first-order valence-electron chi connectivity index (χ1n) is 14.5. The summed E-state index contributed by atoms with van der Waals surface area (Å²) in [5, 5.41) is 17.6. The molecule has 1 aliphatic heterocycles. The molecule has 0 saturated heterocycles. The van der Waals surface area contributed by atoms with E-state index in [2.05, 4.69) is 10.6 Å². The highest BCUT2D eigenvalue weighted by Crippen LogP contribution is 2.47. The predicted molar refractivity (Wildman–Crippen MR) is 162 cm³/mol. The number of nitrogens with zero attached hydrogens (tertiary/aromatic N) is 1. The minimum Gasteiger partial charge on any atom is -0.484 e. The van der Waals surface area contributed by atoms with E-state index < -0.39 is 46.6 Å². The van der Waals surface area contributed by atoms with Gasteiger partial charge in [0.2, 0.25) is 0 Å². The van der Waals surface area contributed by atoms with E-state index in [0.29, 0.717) is 42.1 Å². The van der Waals surface area contributed by atoms with Crippen LogP contribution in [0, 0.1) is 5.82 Å². The number of halogens is 3. The Morgan fingerprint density at radius 1 is 1.09 bits per heavy atom. The van der Waals surface area contributed by atoms with Crippen LogP contribution >= 0.6 is 23.2 Å². The molecular weight excluding hydrogens is 616 g/mol. The summed E-state index contributed by atoms with van der Waals surface area (Å²) < 4.78 is 30.6. The highest BCUT2D eigenvalue weighted by Gasteiger charge is 2.55. The Balaban J connectivity index is 1.20. The number of rotatable bonds is 8. The van der Waals surface area contributed by atoms with E-state index in [4.69, 9.17) is 37.4 Å². The molecule has 0 aromatic heterocycles. The molecule has 6 rings (SSSR count). The third-order valence-corrected chi connectivity index (χ3v) is 8.85. The molecule has 2 aromatic rings. The summed E-state index contributed by atoms with van der Waals surface area (Å²) in [5.41, 5.74) is -1.62. The van der Waals surface area contributed by atoms with Gasteiger partial charge in [0, 0.05) is 16.6 Å². The van der Waals surface area contributed by atoms with E-state index in [1.54, 1.807) is 43.9 Å². The van der Waals surface area contributed by atoms with Gasteiger partial charge >= 0.3 is 5.97 Å². The average molecular weight is 653 g/mol. The van der Waals surface area contributed by atoms with E-state index in [1.807, 2.05) is 0 Å². The smallest absolute Gasteiger partial charge is 0.326 e. The second kappa shape index (κ2) is 12.3. The van der Waals surface area contributed by atoms with Crippen LogP contribution in [-0.2, 0) is 19.1 Å². The largest absolute Gasteiger partial charge is 0.484 e. The van der Waals surface area contributed by atoms with E-state index in [9.17, 15) is 23.9 Å². The number of fused-ring (bicyclic) bond motifs is 4. The van der Waals surface area contributed by atoms with Crippen LogP contribution in [0.5, 0.6) is 11.5 Å². The van der Waals surface area contributed by atoms with Crippen molar-refractivity contribution in [1.82, 2.24) is 10.6 Å². The molecule has 13 heteroatoms. The molecule has 3 saturated carbocycles. The van der Waals surface area contributed by atoms with Crippen molar-refractivity contribution < 1.29 is 38.1 Å². The van der Waals surface area contributed by atoms with Gasteiger partial charge in [-0.15, -0.1) is 0 Å². The molecule has 0 radical (unpaired) electrons. The first-order chi connectivity index (χ1) is 20.7.